The zero-order valence-corrected chi connectivity index (χ0v) is 19.2. The highest BCUT2D eigenvalue weighted by atomic mass is 16.6. The second kappa shape index (κ2) is 11.5. The molecule has 9 heteroatoms. The van der Waals surface area contributed by atoms with Crippen LogP contribution >= 0.6 is 0 Å². The molecule has 0 radical (unpaired) electrons. The van der Waals surface area contributed by atoms with Crippen LogP contribution in [0.1, 0.15) is 46.1 Å². The number of likely N-dealkylation sites (tertiary alicyclic amines) is 1. The fraction of sp³-hybridized carbons (Fsp3) is 0.565. The third-order valence-electron chi connectivity index (χ3n) is 4.81. The van der Waals surface area contributed by atoms with Gasteiger partial charge in [0.05, 0.1) is 5.92 Å². The van der Waals surface area contributed by atoms with Crippen LogP contribution in [0.15, 0.2) is 30.3 Å². The summed E-state index contributed by atoms with van der Waals surface area (Å²) in [5.74, 6) is -1.75. The highest BCUT2D eigenvalue weighted by Crippen LogP contribution is 2.19. The molecule has 1 aliphatic heterocycles. The first-order valence-corrected chi connectivity index (χ1v) is 10.8. The third kappa shape index (κ3) is 8.56. The van der Waals surface area contributed by atoms with Crippen LogP contribution in [0.2, 0.25) is 0 Å². The summed E-state index contributed by atoms with van der Waals surface area (Å²) in [6.45, 7) is 7.39. The molecule has 2 N–H and O–H groups in total. The minimum absolute atomic E-state index is 0.0666. The molecule has 0 spiro atoms. The fourth-order valence-corrected chi connectivity index (χ4v) is 3.30. The Hall–Kier alpha value is -3.10. The molecule has 0 saturated carbocycles. The Morgan fingerprint density at radius 1 is 1.16 bits per heavy atom. The van der Waals surface area contributed by atoms with Gasteiger partial charge in [0.2, 0.25) is 11.8 Å². The second-order valence-corrected chi connectivity index (χ2v) is 8.86. The zero-order valence-electron chi connectivity index (χ0n) is 19.2. The van der Waals surface area contributed by atoms with Crippen molar-refractivity contribution in [3.05, 3.63) is 35.9 Å². The van der Waals surface area contributed by atoms with E-state index in [0.29, 0.717) is 19.4 Å². The van der Waals surface area contributed by atoms with Gasteiger partial charge in [-0.2, -0.15) is 0 Å². The van der Waals surface area contributed by atoms with E-state index in [1.165, 1.54) is 11.8 Å². The number of piperidine rings is 1. The van der Waals surface area contributed by atoms with E-state index in [9.17, 15) is 19.2 Å². The van der Waals surface area contributed by atoms with Crippen LogP contribution in [0, 0.1) is 5.92 Å². The first kappa shape index (κ1) is 25.2. The van der Waals surface area contributed by atoms with Crippen molar-refractivity contribution in [1.82, 2.24) is 15.5 Å². The zero-order chi connectivity index (χ0) is 23.7. The average molecular weight is 448 g/mol. The summed E-state index contributed by atoms with van der Waals surface area (Å²) in [7, 11) is 0. The molecule has 1 aromatic rings. The molecular weight excluding hydrogens is 414 g/mol. The number of amides is 3. The molecule has 1 fully saturated rings. The lowest BCUT2D eigenvalue weighted by molar-refractivity contribution is -0.149. The van der Waals surface area contributed by atoms with E-state index < -0.39 is 35.5 Å². The Kier molecular flexibility index (Phi) is 9.04. The van der Waals surface area contributed by atoms with Gasteiger partial charge in [0.15, 0.2) is 0 Å². The summed E-state index contributed by atoms with van der Waals surface area (Å²) in [6.07, 6.45) is 0.843. The summed E-state index contributed by atoms with van der Waals surface area (Å²) >= 11 is 0. The molecule has 2 rings (SSSR count). The van der Waals surface area contributed by atoms with Crippen molar-refractivity contribution in [1.29, 1.82) is 0 Å². The summed E-state index contributed by atoms with van der Waals surface area (Å²) < 4.78 is 10.7. The van der Waals surface area contributed by atoms with E-state index in [2.05, 4.69) is 10.6 Å². The maximum Gasteiger partial charge on any atom is 0.410 e. The van der Waals surface area contributed by atoms with Gasteiger partial charge in [-0.15, -0.1) is 0 Å². The number of rotatable bonds is 7. The van der Waals surface area contributed by atoms with Gasteiger partial charge in [-0.05, 0) is 39.2 Å². The van der Waals surface area contributed by atoms with Crippen molar-refractivity contribution in [2.45, 2.75) is 58.8 Å². The molecule has 0 bridgehead atoms. The Balaban J connectivity index is 1.89. The van der Waals surface area contributed by atoms with Crippen LogP contribution in [-0.4, -0.2) is 60.1 Å². The Labute approximate surface area is 188 Å². The van der Waals surface area contributed by atoms with E-state index in [1.807, 2.05) is 30.3 Å². The van der Waals surface area contributed by atoms with Crippen molar-refractivity contribution in [3.63, 3.8) is 0 Å². The van der Waals surface area contributed by atoms with Gasteiger partial charge in [-0.3, -0.25) is 9.59 Å². The lowest BCUT2D eigenvalue weighted by atomic mass is 9.97. The van der Waals surface area contributed by atoms with Gasteiger partial charge < -0.3 is 25.0 Å². The molecule has 0 unspecified atom stereocenters. The number of nitrogens with zero attached hydrogens (tertiary/aromatic N) is 1. The monoisotopic (exact) mass is 447 g/mol. The fourth-order valence-electron chi connectivity index (χ4n) is 3.30. The molecule has 1 aromatic carbocycles. The van der Waals surface area contributed by atoms with Gasteiger partial charge in [0.1, 0.15) is 18.2 Å². The van der Waals surface area contributed by atoms with Crippen LogP contribution in [0.5, 0.6) is 0 Å². The summed E-state index contributed by atoms with van der Waals surface area (Å²) in [4.78, 5) is 50.5. The number of esters is 1. The highest BCUT2D eigenvalue weighted by Gasteiger charge is 2.32. The second-order valence-electron chi connectivity index (χ2n) is 8.86. The molecular formula is C23H33N3O6. The number of carbonyl (C=O) groups excluding carboxylic acids is 4. The van der Waals surface area contributed by atoms with Gasteiger partial charge in [0, 0.05) is 26.6 Å². The lowest BCUT2D eigenvalue weighted by Gasteiger charge is -2.33. The van der Waals surface area contributed by atoms with Gasteiger partial charge in [0.25, 0.3) is 0 Å². The average Bonchev–Trinajstić information content (AvgIpc) is 2.74. The standard InChI is InChI=1S/C23H33N3O6/c1-16(27)25-19(21(29)31-15-17-9-6-5-7-10-17)13-24-20(28)18-11-8-12-26(14-18)22(30)32-23(2,3)4/h5-7,9-10,18-19H,8,11-15H2,1-4H3,(H,24,28)(H,25,27)/t18-,19+/m1/s1. The Morgan fingerprint density at radius 3 is 2.47 bits per heavy atom. The molecule has 2 atom stereocenters. The van der Waals surface area contributed by atoms with Crippen LogP contribution in [0.3, 0.4) is 0 Å². The van der Waals surface area contributed by atoms with Crippen molar-refractivity contribution in [3.8, 4) is 0 Å². The number of benzene rings is 1. The predicted molar refractivity (Wildman–Crippen MR) is 117 cm³/mol. The van der Waals surface area contributed by atoms with E-state index in [1.54, 1.807) is 20.8 Å². The van der Waals surface area contributed by atoms with E-state index in [4.69, 9.17) is 9.47 Å². The van der Waals surface area contributed by atoms with Gasteiger partial charge in [-0.1, -0.05) is 30.3 Å². The highest BCUT2D eigenvalue weighted by molar-refractivity contribution is 5.85. The maximum atomic E-state index is 12.7. The van der Waals surface area contributed by atoms with E-state index in [0.717, 1.165) is 5.56 Å². The molecule has 176 valence electrons. The Bertz CT molecular complexity index is 806. The lowest BCUT2D eigenvalue weighted by Crippen LogP contribution is -2.51. The summed E-state index contributed by atoms with van der Waals surface area (Å²) in [5, 5.41) is 5.23. The molecule has 1 saturated heterocycles. The molecule has 0 aliphatic carbocycles. The summed E-state index contributed by atoms with van der Waals surface area (Å²) in [6, 6.07) is 8.16. The van der Waals surface area contributed by atoms with Crippen LogP contribution in [0.25, 0.3) is 0 Å². The first-order valence-electron chi connectivity index (χ1n) is 10.8. The minimum Gasteiger partial charge on any atom is -0.459 e. The number of nitrogens with one attached hydrogen (secondary N) is 2. The molecule has 0 aromatic heterocycles. The van der Waals surface area contributed by atoms with E-state index >= 15 is 0 Å². The molecule has 1 heterocycles. The SMILES string of the molecule is CC(=O)N[C@@H](CNC(=O)[C@@H]1CCCN(C(=O)OC(C)(C)C)C1)C(=O)OCc1ccccc1. The van der Waals surface area contributed by atoms with Crippen LogP contribution < -0.4 is 10.6 Å². The van der Waals surface area contributed by atoms with Crippen molar-refractivity contribution in [2.24, 2.45) is 5.92 Å². The molecule has 32 heavy (non-hydrogen) atoms. The number of hydrogen-bond acceptors (Lipinski definition) is 6. The first-order chi connectivity index (χ1) is 15.0. The predicted octanol–water partition coefficient (Wildman–Crippen LogP) is 2.00. The van der Waals surface area contributed by atoms with E-state index in [-0.39, 0.29) is 25.6 Å². The quantitative estimate of drug-likeness (QED) is 0.618. The third-order valence-corrected chi connectivity index (χ3v) is 4.81. The van der Waals surface area contributed by atoms with Crippen molar-refractivity contribution in [2.75, 3.05) is 19.6 Å². The topological polar surface area (TPSA) is 114 Å². The molecule has 1 aliphatic rings. The molecule has 3 amide bonds. The normalized spacial score (nSPS) is 17.1. The molecule has 9 nitrogen and oxygen atoms in total. The smallest absolute Gasteiger partial charge is 0.410 e. The Morgan fingerprint density at radius 2 is 1.84 bits per heavy atom. The minimum atomic E-state index is -1.01. The van der Waals surface area contributed by atoms with Crippen LogP contribution in [0.4, 0.5) is 4.79 Å². The largest absolute Gasteiger partial charge is 0.459 e. The van der Waals surface area contributed by atoms with Crippen molar-refractivity contribution >= 4 is 23.9 Å². The van der Waals surface area contributed by atoms with Gasteiger partial charge in [-0.25, -0.2) is 9.59 Å². The number of hydrogen-bond donors (Lipinski definition) is 2. The maximum absolute atomic E-state index is 12.7. The van der Waals surface area contributed by atoms with Gasteiger partial charge >= 0.3 is 12.1 Å². The van der Waals surface area contributed by atoms with Crippen LogP contribution in [-0.2, 0) is 30.5 Å². The number of carbonyl (C=O) groups is 4. The number of ether oxygens (including phenoxy) is 2. The van der Waals surface area contributed by atoms with Crippen molar-refractivity contribution < 1.29 is 28.7 Å². The summed E-state index contributed by atoms with van der Waals surface area (Å²) in [5.41, 5.74) is 0.203.